The number of halogens is 1. The average Bonchev–Trinajstić information content (AvgIpc) is 2.48. The molecule has 2 rings (SSSR count). The van der Waals surface area contributed by atoms with Gasteiger partial charge in [0.15, 0.2) is 0 Å². The van der Waals surface area contributed by atoms with Crippen molar-refractivity contribution < 1.29 is 4.39 Å². The van der Waals surface area contributed by atoms with Gasteiger partial charge in [0.1, 0.15) is 5.82 Å². The van der Waals surface area contributed by atoms with Crippen LogP contribution in [0.3, 0.4) is 0 Å². The zero-order valence-electron chi connectivity index (χ0n) is 12.2. The third kappa shape index (κ3) is 4.05. The summed E-state index contributed by atoms with van der Waals surface area (Å²) in [6.07, 6.45) is 6.56. The molecule has 1 N–H and O–H groups in total. The Morgan fingerprint density at radius 2 is 1.95 bits per heavy atom. The molecule has 1 aromatic carbocycles. The lowest BCUT2D eigenvalue weighted by Gasteiger charge is -2.28. The first-order valence-electron chi connectivity index (χ1n) is 7.62. The fourth-order valence-corrected chi connectivity index (χ4v) is 3.07. The maximum Gasteiger partial charge on any atom is 0.123 e. The fraction of sp³-hybridized carbons (Fsp3) is 0.588. The summed E-state index contributed by atoms with van der Waals surface area (Å²) < 4.78 is 13.2. The molecular weight excluding hydrogens is 251 g/mol. The second-order valence-electron chi connectivity index (χ2n) is 5.84. The van der Waals surface area contributed by atoms with Crippen LogP contribution in [0, 0.1) is 29.0 Å². The van der Waals surface area contributed by atoms with E-state index in [1.165, 1.54) is 44.2 Å². The van der Waals surface area contributed by atoms with Crippen molar-refractivity contribution >= 4 is 0 Å². The first kappa shape index (κ1) is 15.0. The normalized spacial score (nSPS) is 22.4. The molecule has 0 unspecified atom stereocenters. The molecule has 1 aliphatic rings. The van der Waals surface area contributed by atoms with Gasteiger partial charge in [-0.2, -0.15) is 5.26 Å². The molecular formula is C17H23FN2. The Labute approximate surface area is 121 Å². The summed E-state index contributed by atoms with van der Waals surface area (Å²) in [5, 5.41) is 12.4. The van der Waals surface area contributed by atoms with Crippen molar-refractivity contribution in [3.63, 3.8) is 0 Å². The lowest BCUT2D eigenvalue weighted by atomic mass is 9.81. The van der Waals surface area contributed by atoms with Gasteiger partial charge in [0.2, 0.25) is 0 Å². The van der Waals surface area contributed by atoms with E-state index in [0.717, 1.165) is 23.9 Å². The largest absolute Gasteiger partial charge is 0.312 e. The van der Waals surface area contributed by atoms with Crippen LogP contribution in [0.15, 0.2) is 18.2 Å². The highest BCUT2D eigenvalue weighted by atomic mass is 19.1. The Balaban J connectivity index is 1.79. The smallest absolute Gasteiger partial charge is 0.123 e. The lowest BCUT2D eigenvalue weighted by molar-refractivity contribution is 0.262. The summed E-state index contributed by atoms with van der Waals surface area (Å²) in [4.78, 5) is 0. The van der Waals surface area contributed by atoms with Crippen LogP contribution in [0.2, 0.25) is 0 Å². The third-order valence-electron chi connectivity index (χ3n) is 4.48. The number of hydrogen-bond acceptors (Lipinski definition) is 2. The molecule has 0 atom stereocenters. The van der Waals surface area contributed by atoms with Crippen molar-refractivity contribution in [2.45, 2.75) is 45.6 Å². The molecule has 0 heterocycles. The van der Waals surface area contributed by atoms with Gasteiger partial charge in [-0.25, -0.2) is 4.39 Å². The second kappa shape index (κ2) is 7.40. The van der Waals surface area contributed by atoms with Crippen LogP contribution in [-0.4, -0.2) is 6.54 Å². The van der Waals surface area contributed by atoms with E-state index in [0.29, 0.717) is 12.1 Å². The molecule has 0 aromatic heterocycles. The molecule has 2 nitrogen and oxygen atoms in total. The molecule has 0 amide bonds. The van der Waals surface area contributed by atoms with Gasteiger partial charge in [-0.3, -0.25) is 0 Å². The number of nitrogens with one attached hydrogen (secondary N) is 1. The zero-order chi connectivity index (χ0) is 14.4. The zero-order valence-corrected chi connectivity index (χ0v) is 12.2. The van der Waals surface area contributed by atoms with Gasteiger partial charge < -0.3 is 5.32 Å². The number of hydrogen-bond donors (Lipinski definition) is 1. The summed E-state index contributed by atoms with van der Waals surface area (Å²) in [6, 6.07) is 6.47. The average molecular weight is 274 g/mol. The molecule has 3 heteroatoms. The van der Waals surface area contributed by atoms with E-state index in [1.54, 1.807) is 6.07 Å². The van der Waals surface area contributed by atoms with Crippen LogP contribution in [0.5, 0.6) is 0 Å². The van der Waals surface area contributed by atoms with E-state index >= 15 is 0 Å². The van der Waals surface area contributed by atoms with Crippen LogP contribution in [0.4, 0.5) is 4.39 Å². The minimum absolute atomic E-state index is 0.274. The lowest BCUT2D eigenvalue weighted by Crippen LogP contribution is -2.26. The Morgan fingerprint density at radius 1 is 1.25 bits per heavy atom. The van der Waals surface area contributed by atoms with E-state index in [1.807, 2.05) is 0 Å². The van der Waals surface area contributed by atoms with Crippen molar-refractivity contribution in [3.05, 3.63) is 35.1 Å². The maximum atomic E-state index is 13.2. The van der Waals surface area contributed by atoms with Gasteiger partial charge in [0.25, 0.3) is 0 Å². The molecule has 108 valence electrons. The van der Waals surface area contributed by atoms with Crippen LogP contribution >= 0.6 is 0 Å². The minimum atomic E-state index is -0.274. The van der Waals surface area contributed by atoms with E-state index in [-0.39, 0.29) is 5.82 Å². The van der Waals surface area contributed by atoms with Crippen LogP contribution < -0.4 is 5.32 Å². The Morgan fingerprint density at radius 3 is 2.60 bits per heavy atom. The van der Waals surface area contributed by atoms with Gasteiger partial charge in [-0.05, 0) is 55.0 Å². The molecule has 0 bridgehead atoms. The molecule has 1 aromatic rings. The van der Waals surface area contributed by atoms with Gasteiger partial charge in [-0.1, -0.05) is 26.2 Å². The Kier molecular flexibility index (Phi) is 5.55. The predicted molar refractivity (Wildman–Crippen MR) is 78.6 cm³/mol. The predicted octanol–water partition coefficient (Wildman–Crippen LogP) is 4.00. The van der Waals surface area contributed by atoms with Gasteiger partial charge in [0.05, 0.1) is 11.6 Å². The van der Waals surface area contributed by atoms with Crippen molar-refractivity contribution in [1.29, 1.82) is 5.26 Å². The first-order valence-corrected chi connectivity index (χ1v) is 7.62. The maximum absolute atomic E-state index is 13.2. The summed E-state index contributed by atoms with van der Waals surface area (Å²) >= 11 is 0. The topological polar surface area (TPSA) is 35.8 Å². The molecule has 0 spiro atoms. The first-order chi connectivity index (χ1) is 9.72. The van der Waals surface area contributed by atoms with E-state index in [2.05, 4.69) is 18.3 Å². The highest BCUT2D eigenvalue weighted by Crippen LogP contribution is 2.30. The van der Waals surface area contributed by atoms with E-state index < -0.39 is 0 Å². The minimum Gasteiger partial charge on any atom is -0.312 e. The molecule has 0 saturated heterocycles. The monoisotopic (exact) mass is 274 g/mol. The van der Waals surface area contributed by atoms with Crippen molar-refractivity contribution in [3.8, 4) is 6.07 Å². The molecule has 0 aliphatic heterocycles. The highest BCUT2D eigenvalue weighted by molar-refractivity contribution is 5.37. The SMILES string of the molecule is CCC1CCC(CNCc2cc(F)ccc2C#N)CC1. The molecule has 0 radical (unpaired) electrons. The Hall–Kier alpha value is -1.40. The van der Waals surface area contributed by atoms with Crippen LogP contribution in [0.25, 0.3) is 0 Å². The van der Waals surface area contributed by atoms with Crippen molar-refractivity contribution in [2.75, 3.05) is 6.54 Å². The highest BCUT2D eigenvalue weighted by Gasteiger charge is 2.19. The van der Waals surface area contributed by atoms with Crippen LogP contribution in [0.1, 0.15) is 50.2 Å². The fourth-order valence-electron chi connectivity index (χ4n) is 3.07. The quantitative estimate of drug-likeness (QED) is 0.880. The van der Waals surface area contributed by atoms with Gasteiger partial charge in [-0.15, -0.1) is 0 Å². The number of nitriles is 1. The summed E-state index contributed by atoms with van der Waals surface area (Å²) in [5.41, 5.74) is 1.32. The number of rotatable bonds is 5. The van der Waals surface area contributed by atoms with E-state index in [9.17, 15) is 4.39 Å². The summed E-state index contributed by atoms with van der Waals surface area (Å²) in [5.74, 6) is 1.38. The molecule has 1 fully saturated rings. The van der Waals surface area contributed by atoms with Gasteiger partial charge in [0, 0.05) is 6.54 Å². The standard InChI is InChI=1S/C17H23FN2/c1-2-13-3-5-14(6-4-13)11-20-12-16-9-17(18)8-7-15(16)10-19/h7-9,13-14,20H,2-6,11-12H2,1H3. The molecule has 1 aliphatic carbocycles. The van der Waals surface area contributed by atoms with Crippen LogP contribution in [-0.2, 0) is 6.54 Å². The second-order valence-corrected chi connectivity index (χ2v) is 5.84. The van der Waals surface area contributed by atoms with E-state index in [4.69, 9.17) is 5.26 Å². The van der Waals surface area contributed by atoms with Crippen molar-refractivity contribution in [1.82, 2.24) is 5.32 Å². The molecule has 20 heavy (non-hydrogen) atoms. The summed E-state index contributed by atoms with van der Waals surface area (Å²) in [7, 11) is 0. The molecule has 1 saturated carbocycles. The van der Waals surface area contributed by atoms with Gasteiger partial charge >= 0.3 is 0 Å². The Bertz CT molecular complexity index is 470. The summed E-state index contributed by atoms with van der Waals surface area (Å²) in [6.45, 7) is 3.82. The van der Waals surface area contributed by atoms with Crippen molar-refractivity contribution in [2.24, 2.45) is 11.8 Å². The third-order valence-corrected chi connectivity index (χ3v) is 4.48. The number of benzene rings is 1. The number of nitrogens with zero attached hydrogens (tertiary/aromatic N) is 1.